The van der Waals surface area contributed by atoms with E-state index in [1.807, 2.05) is 13.8 Å². The van der Waals surface area contributed by atoms with E-state index in [4.69, 9.17) is 23.2 Å². The van der Waals surface area contributed by atoms with Crippen molar-refractivity contribution in [2.45, 2.75) is 26.6 Å². The molecule has 2 rings (SSSR count). The van der Waals surface area contributed by atoms with Crippen molar-refractivity contribution >= 4 is 29.1 Å². The number of hydrogen-bond acceptors (Lipinski definition) is 1. The number of carbonyl (C=O) groups excluding carboxylic acids is 1. The fraction of sp³-hybridized carbons (Fsp3) is 0.438. The average Bonchev–Trinajstić information content (AvgIpc) is 2.96. The van der Waals surface area contributed by atoms with Crippen LogP contribution in [0.3, 0.4) is 0 Å². The van der Waals surface area contributed by atoms with E-state index < -0.39 is 11.7 Å². The van der Waals surface area contributed by atoms with E-state index in [0.717, 1.165) is 12.1 Å². The molecular weight excluding hydrogens is 350 g/mol. The molecule has 0 unspecified atom stereocenters. The minimum Gasteiger partial charge on any atom is -0.352 e. The first-order chi connectivity index (χ1) is 10.5. The third-order valence-corrected chi connectivity index (χ3v) is 4.50. The van der Waals surface area contributed by atoms with Gasteiger partial charge in [0.25, 0.3) is 0 Å². The van der Waals surface area contributed by atoms with Crippen molar-refractivity contribution in [2.24, 2.45) is 17.3 Å². The summed E-state index contributed by atoms with van der Waals surface area (Å²) in [6.07, 6.45) is -2.72. The van der Waals surface area contributed by atoms with Gasteiger partial charge in [-0.15, -0.1) is 0 Å². The standard InChI is InChI=1S/C16H16Cl2F3NO/c1-15(2)11(7-12(17)18)13(15)14(23)22-8-9-3-5-10(6-4-9)16(19,20)21/h3-7,11,13H,8H2,1-2H3,(H,22,23)/t11-,13-/m1/s1. The fourth-order valence-corrected chi connectivity index (χ4v) is 3.01. The second kappa shape index (κ2) is 6.36. The number of rotatable bonds is 4. The van der Waals surface area contributed by atoms with Crippen LogP contribution in [-0.2, 0) is 17.5 Å². The Morgan fingerprint density at radius 1 is 1.26 bits per heavy atom. The molecule has 1 aliphatic rings. The molecule has 1 N–H and O–H groups in total. The van der Waals surface area contributed by atoms with Crippen LogP contribution in [0.25, 0.3) is 0 Å². The second-order valence-corrected chi connectivity index (χ2v) is 7.20. The molecule has 0 bridgehead atoms. The van der Waals surface area contributed by atoms with E-state index in [2.05, 4.69) is 5.32 Å². The fourth-order valence-electron chi connectivity index (χ4n) is 2.74. The molecule has 0 aliphatic heterocycles. The third kappa shape index (κ3) is 4.21. The van der Waals surface area contributed by atoms with E-state index in [0.29, 0.717) is 5.56 Å². The maximum absolute atomic E-state index is 12.5. The van der Waals surface area contributed by atoms with Crippen LogP contribution in [0, 0.1) is 17.3 Å². The number of hydrogen-bond donors (Lipinski definition) is 1. The van der Waals surface area contributed by atoms with Gasteiger partial charge >= 0.3 is 6.18 Å². The minimum absolute atomic E-state index is 0.0416. The number of allylic oxidation sites excluding steroid dienone is 1. The van der Waals surface area contributed by atoms with Crippen LogP contribution in [0.1, 0.15) is 25.0 Å². The van der Waals surface area contributed by atoms with Gasteiger partial charge in [0.2, 0.25) is 5.91 Å². The van der Waals surface area contributed by atoms with Crippen LogP contribution in [-0.4, -0.2) is 5.91 Å². The van der Waals surface area contributed by atoms with Gasteiger partial charge in [-0.1, -0.05) is 49.2 Å². The van der Waals surface area contributed by atoms with Crippen molar-refractivity contribution < 1.29 is 18.0 Å². The Labute approximate surface area is 142 Å². The number of alkyl halides is 3. The molecule has 1 aromatic carbocycles. The molecule has 0 spiro atoms. The van der Waals surface area contributed by atoms with Gasteiger partial charge < -0.3 is 5.32 Å². The van der Waals surface area contributed by atoms with Gasteiger partial charge in [-0.05, 0) is 35.1 Å². The smallest absolute Gasteiger partial charge is 0.352 e. The van der Waals surface area contributed by atoms with E-state index in [1.54, 1.807) is 6.08 Å². The largest absolute Gasteiger partial charge is 0.416 e. The number of benzene rings is 1. The Kier molecular flexibility index (Phi) is 5.02. The van der Waals surface area contributed by atoms with E-state index >= 15 is 0 Å². The number of carbonyl (C=O) groups is 1. The molecule has 126 valence electrons. The number of nitrogens with one attached hydrogen (secondary N) is 1. The van der Waals surface area contributed by atoms with Crippen LogP contribution >= 0.6 is 23.2 Å². The minimum atomic E-state index is -4.36. The van der Waals surface area contributed by atoms with Crippen LogP contribution in [0.5, 0.6) is 0 Å². The van der Waals surface area contributed by atoms with Crippen LogP contribution < -0.4 is 5.32 Å². The lowest BCUT2D eigenvalue weighted by Crippen LogP contribution is -2.26. The highest BCUT2D eigenvalue weighted by Crippen LogP contribution is 2.59. The lowest BCUT2D eigenvalue weighted by atomic mass is 10.1. The van der Waals surface area contributed by atoms with Crippen LogP contribution in [0.15, 0.2) is 34.8 Å². The first-order valence-electron chi connectivity index (χ1n) is 7.00. The Morgan fingerprint density at radius 2 is 1.83 bits per heavy atom. The second-order valence-electron chi connectivity index (χ2n) is 6.19. The number of amides is 1. The summed E-state index contributed by atoms with van der Waals surface area (Å²) in [6.45, 7) is 4.05. The molecule has 1 amide bonds. The van der Waals surface area contributed by atoms with E-state index in [9.17, 15) is 18.0 Å². The Bertz CT molecular complexity index is 619. The van der Waals surface area contributed by atoms with Gasteiger partial charge in [0.05, 0.1) is 11.5 Å². The molecule has 2 nitrogen and oxygen atoms in total. The van der Waals surface area contributed by atoms with Gasteiger partial charge in [0.1, 0.15) is 4.49 Å². The summed E-state index contributed by atoms with van der Waals surface area (Å²) in [4.78, 5) is 12.2. The summed E-state index contributed by atoms with van der Waals surface area (Å²) in [5.74, 6) is -0.449. The predicted octanol–water partition coefficient (Wildman–Crippen LogP) is 4.91. The van der Waals surface area contributed by atoms with Gasteiger partial charge in [-0.3, -0.25) is 4.79 Å². The summed E-state index contributed by atoms with van der Waals surface area (Å²) in [5, 5.41) is 2.74. The maximum Gasteiger partial charge on any atom is 0.416 e. The zero-order valence-electron chi connectivity index (χ0n) is 12.5. The van der Waals surface area contributed by atoms with E-state index in [1.165, 1.54) is 12.1 Å². The van der Waals surface area contributed by atoms with Crippen molar-refractivity contribution in [1.29, 1.82) is 0 Å². The highest BCUT2D eigenvalue weighted by Gasteiger charge is 2.60. The molecule has 1 fully saturated rings. The quantitative estimate of drug-likeness (QED) is 0.806. The molecule has 7 heteroatoms. The zero-order valence-corrected chi connectivity index (χ0v) is 14.1. The Balaban J connectivity index is 1.94. The molecule has 0 aromatic heterocycles. The van der Waals surface area contributed by atoms with Crippen molar-refractivity contribution in [3.63, 3.8) is 0 Å². The predicted molar refractivity (Wildman–Crippen MR) is 83.8 cm³/mol. The van der Waals surface area contributed by atoms with Crippen LogP contribution in [0.2, 0.25) is 0 Å². The highest BCUT2D eigenvalue weighted by molar-refractivity contribution is 6.55. The monoisotopic (exact) mass is 365 g/mol. The summed E-state index contributed by atoms with van der Waals surface area (Å²) in [7, 11) is 0. The average molecular weight is 366 g/mol. The number of halogens is 5. The van der Waals surface area contributed by atoms with Crippen molar-refractivity contribution in [2.75, 3.05) is 0 Å². The van der Waals surface area contributed by atoms with Crippen LogP contribution in [0.4, 0.5) is 13.2 Å². The lowest BCUT2D eigenvalue weighted by molar-refractivity contribution is -0.137. The first kappa shape index (κ1) is 18.1. The van der Waals surface area contributed by atoms with E-state index in [-0.39, 0.29) is 34.2 Å². The zero-order chi connectivity index (χ0) is 17.4. The third-order valence-electron chi connectivity index (χ3n) is 4.25. The van der Waals surface area contributed by atoms with Gasteiger partial charge in [-0.25, -0.2) is 0 Å². The molecule has 0 saturated heterocycles. The Hall–Kier alpha value is -1.20. The molecular formula is C16H16Cl2F3NO. The maximum atomic E-state index is 12.5. The summed E-state index contributed by atoms with van der Waals surface area (Å²) in [5.41, 5.74) is -0.343. The molecule has 0 heterocycles. The molecule has 0 radical (unpaired) electrons. The molecule has 1 aliphatic carbocycles. The van der Waals surface area contributed by atoms with Gasteiger partial charge in [0.15, 0.2) is 0 Å². The first-order valence-corrected chi connectivity index (χ1v) is 7.75. The Morgan fingerprint density at radius 3 is 2.30 bits per heavy atom. The highest BCUT2D eigenvalue weighted by atomic mass is 35.5. The molecule has 1 aromatic rings. The van der Waals surface area contributed by atoms with Crippen molar-refractivity contribution in [3.8, 4) is 0 Å². The van der Waals surface area contributed by atoms with Gasteiger partial charge in [-0.2, -0.15) is 13.2 Å². The van der Waals surface area contributed by atoms with Crippen molar-refractivity contribution in [1.82, 2.24) is 5.32 Å². The normalized spacial score (nSPS) is 22.4. The SMILES string of the molecule is CC1(C)[C@H](C=C(Cl)Cl)[C@@H]1C(=O)NCc1ccc(C(F)(F)F)cc1. The molecule has 2 atom stereocenters. The lowest BCUT2D eigenvalue weighted by Gasteiger charge is -2.09. The summed E-state index contributed by atoms with van der Waals surface area (Å²) in [6, 6.07) is 4.71. The van der Waals surface area contributed by atoms with Crippen molar-refractivity contribution in [3.05, 3.63) is 46.0 Å². The molecule has 23 heavy (non-hydrogen) atoms. The summed E-state index contributed by atoms with van der Waals surface area (Å²) < 4.78 is 37.6. The van der Waals surface area contributed by atoms with Gasteiger partial charge in [0, 0.05) is 6.54 Å². The topological polar surface area (TPSA) is 29.1 Å². The molecule has 1 saturated carbocycles. The summed E-state index contributed by atoms with van der Waals surface area (Å²) >= 11 is 11.3.